The highest BCUT2D eigenvalue weighted by atomic mass is 32.2. The number of carbonyl (C=O) groups is 4. The number of fused-ring (bicyclic) bond motifs is 1. The summed E-state index contributed by atoms with van der Waals surface area (Å²) in [6.45, 7) is 2.03. The minimum atomic E-state index is -0.516. The van der Waals surface area contributed by atoms with Gasteiger partial charge in [-0.2, -0.15) is 0 Å². The van der Waals surface area contributed by atoms with Gasteiger partial charge in [0.25, 0.3) is 11.8 Å². The maximum absolute atomic E-state index is 13.5. The third kappa shape index (κ3) is 8.90. The fourth-order valence-electron chi connectivity index (χ4n) is 5.06. The summed E-state index contributed by atoms with van der Waals surface area (Å²) in [7, 11) is 1.57. The van der Waals surface area contributed by atoms with Gasteiger partial charge in [-0.25, -0.2) is 4.79 Å². The lowest BCUT2D eigenvalue weighted by atomic mass is 9.95. The second-order valence-corrected chi connectivity index (χ2v) is 12.8. The van der Waals surface area contributed by atoms with Crippen molar-refractivity contribution in [2.24, 2.45) is 0 Å². The molecule has 1 aliphatic rings. The number of hydrogen-bond donors (Lipinski definition) is 3. The van der Waals surface area contributed by atoms with Crippen LogP contribution >= 0.6 is 23.1 Å². The van der Waals surface area contributed by atoms with Gasteiger partial charge in [-0.1, -0.05) is 36.4 Å². The van der Waals surface area contributed by atoms with Crippen LogP contribution in [0.25, 0.3) is 6.08 Å². The standard InChI is InChI=1S/C36H35N3O6S2/c1-3-45-36(43)32-28-14-7-8-15-30(28)47-35(32)39-31(40)22-46-27-13-9-12-25(21-27)37-34(42)29(20-23-16-18-26(44-2)19-17-23)38-33(41)24-10-5-4-6-11-24/h4-6,9-13,16-21H,3,7-8,14-15,22H2,1-2H3,(H,37,42)(H,38,41)(H,39,40)/b29-20+. The number of anilines is 2. The zero-order chi connectivity index (χ0) is 33.2. The van der Waals surface area contributed by atoms with Crippen LogP contribution in [0.4, 0.5) is 10.7 Å². The van der Waals surface area contributed by atoms with E-state index in [9.17, 15) is 19.2 Å². The predicted octanol–water partition coefficient (Wildman–Crippen LogP) is 6.95. The van der Waals surface area contributed by atoms with Crippen molar-refractivity contribution in [2.75, 3.05) is 30.1 Å². The van der Waals surface area contributed by atoms with Crippen LogP contribution in [0.1, 0.15) is 56.5 Å². The largest absolute Gasteiger partial charge is 0.497 e. The Morgan fingerprint density at radius 3 is 2.43 bits per heavy atom. The van der Waals surface area contributed by atoms with Crippen molar-refractivity contribution in [1.82, 2.24) is 5.32 Å². The molecule has 3 amide bonds. The Morgan fingerprint density at radius 2 is 1.68 bits per heavy atom. The number of thioether (sulfide) groups is 1. The molecule has 0 fully saturated rings. The molecule has 0 atom stereocenters. The number of thiophene rings is 1. The molecule has 0 bridgehead atoms. The lowest BCUT2D eigenvalue weighted by molar-refractivity contribution is -0.114. The van der Waals surface area contributed by atoms with E-state index in [1.54, 1.807) is 86.8 Å². The monoisotopic (exact) mass is 669 g/mol. The first-order chi connectivity index (χ1) is 22.8. The van der Waals surface area contributed by atoms with E-state index in [0.29, 0.717) is 33.1 Å². The van der Waals surface area contributed by atoms with E-state index in [2.05, 4.69) is 16.0 Å². The van der Waals surface area contributed by atoms with E-state index in [-0.39, 0.29) is 24.0 Å². The summed E-state index contributed by atoms with van der Waals surface area (Å²) in [5, 5.41) is 9.07. The molecule has 0 radical (unpaired) electrons. The summed E-state index contributed by atoms with van der Waals surface area (Å²) in [6.07, 6.45) is 5.35. The molecule has 0 spiro atoms. The van der Waals surface area contributed by atoms with Crippen LogP contribution < -0.4 is 20.7 Å². The highest BCUT2D eigenvalue weighted by molar-refractivity contribution is 8.00. The number of nitrogens with one attached hydrogen (secondary N) is 3. The zero-order valence-electron chi connectivity index (χ0n) is 26.1. The van der Waals surface area contributed by atoms with Crippen LogP contribution in [0.2, 0.25) is 0 Å². The molecular formula is C36H35N3O6S2. The summed E-state index contributed by atoms with van der Waals surface area (Å²) in [5.41, 5.74) is 3.12. The molecule has 0 saturated heterocycles. The Morgan fingerprint density at radius 1 is 0.915 bits per heavy atom. The number of hydrogen-bond acceptors (Lipinski definition) is 8. The molecular weight excluding hydrogens is 635 g/mol. The first-order valence-electron chi connectivity index (χ1n) is 15.2. The first-order valence-corrected chi connectivity index (χ1v) is 17.0. The van der Waals surface area contributed by atoms with Crippen LogP contribution in [0.15, 0.2) is 89.5 Å². The lowest BCUT2D eigenvalue weighted by Gasteiger charge is -2.13. The zero-order valence-corrected chi connectivity index (χ0v) is 27.7. The normalized spacial score (nSPS) is 12.4. The highest BCUT2D eigenvalue weighted by Gasteiger charge is 2.27. The molecule has 0 unspecified atom stereocenters. The van der Waals surface area contributed by atoms with E-state index >= 15 is 0 Å². The van der Waals surface area contributed by atoms with Gasteiger partial charge in [0.15, 0.2) is 0 Å². The van der Waals surface area contributed by atoms with Gasteiger partial charge < -0.3 is 25.4 Å². The SMILES string of the molecule is CCOC(=O)c1c(NC(=O)CSc2cccc(NC(=O)/C(=C\c3ccc(OC)cc3)NC(=O)c3ccccc3)c2)sc2c1CCCC2. The molecule has 242 valence electrons. The van der Waals surface area contributed by atoms with Gasteiger partial charge in [0.1, 0.15) is 16.4 Å². The average molecular weight is 670 g/mol. The van der Waals surface area contributed by atoms with Crippen LogP contribution in [0.5, 0.6) is 5.75 Å². The number of aryl methyl sites for hydroxylation is 1. The quantitative estimate of drug-likeness (QED) is 0.0848. The van der Waals surface area contributed by atoms with E-state index in [1.165, 1.54) is 23.1 Å². The fourth-order valence-corrected chi connectivity index (χ4v) is 7.10. The first kappa shape index (κ1) is 33.5. The van der Waals surface area contributed by atoms with Crippen molar-refractivity contribution in [3.05, 3.63) is 112 Å². The Labute approximate surface area is 281 Å². The van der Waals surface area contributed by atoms with E-state index in [0.717, 1.165) is 41.0 Å². The van der Waals surface area contributed by atoms with Gasteiger partial charge in [0, 0.05) is 21.0 Å². The summed E-state index contributed by atoms with van der Waals surface area (Å²) in [5.74, 6) is -0.830. The van der Waals surface area contributed by atoms with Gasteiger partial charge >= 0.3 is 5.97 Å². The number of ether oxygens (including phenoxy) is 2. The molecule has 0 saturated carbocycles. The van der Waals surface area contributed by atoms with Crippen LogP contribution in [-0.2, 0) is 27.2 Å². The Hall–Kier alpha value is -4.87. The average Bonchev–Trinajstić information content (AvgIpc) is 3.45. The fraction of sp³-hybridized carbons (Fsp3) is 0.222. The number of amides is 3. The summed E-state index contributed by atoms with van der Waals surface area (Å²) in [4.78, 5) is 54.1. The van der Waals surface area contributed by atoms with E-state index in [4.69, 9.17) is 9.47 Å². The second-order valence-electron chi connectivity index (χ2n) is 10.6. The van der Waals surface area contributed by atoms with E-state index < -0.39 is 17.8 Å². The molecule has 1 aliphatic carbocycles. The number of carbonyl (C=O) groups excluding carboxylic acids is 4. The minimum Gasteiger partial charge on any atom is -0.497 e. The van der Waals surface area contributed by atoms with Crippen LogP contribution in [-0.4, -0.2) is 43.2 Å². The topological polar surface area (TPSA) is 123 Å². The molecule has 0 aliphatic heterocycles. The van der Waals surface area contributed by atoms with Crippen molar-refractivity contribution in [2.45, 2.75) is 37.5 Å². The maximum Gasteiger partial charge on any atom is 0.341 e. The van der Waals surface area contributed by atoms with Crippen molar-refractivity contribution in [3.63, 3.8) is 0 Å². The van der Waals surface area contributed by atoms with Gasteiger partial charge in [0.05, 0.1) is 25.0 Å². The Kier molecular flexibility index (Phi) is 11.5. The molecule has 3 N–H and O–H groups in total. The van der Waals surface area contributed by atoms with Crippen molar-refractivity contribution in [1.29, 1.82) is 0 Å². The van der Waals surface area contributed by atoms with Crippen molar-refractivity contribution >= 4 is 63.6 Å². The Bertz CT molecular complexity index is 1780. The molecule has 1 heterocycles. The minimum absolute atomic E-state index is 0.0532. The smallest absolute Gasteiger partial charge is 0.341 e. The molecule has 1 aromatic heterocycles. The maximum atomic E-state index is 13.5. The molecule has 3 aromatic carbocycles. The summed E-state index contributed by atoms with van der Waals surface area (Å²) >= 11 is 2.75. The molecule has 47 heavy (non-hydrogen) atoms. The van der Waals surface area contributed by atoms with Crippen LogP contribution in [0.3, 0.4) is 0 Å². The number of methoxy groups -OCH3 is 1. The predicted molar refractivity (Wildman–Crippen MR) is 186 cm³/mol. The van der Waals surface area contributed by atoms with Gasteiger partial charge in [-0.3, -0.25) is 14.4 Å². The molecule has 5 rings (SSSR count). The second kappa shape index (κ2) is 16.1. The van der Waals surface area contributed by atoms with Gasteiger partial charge in [-0.15, -0.1) is 23.1 Å². The number of benzene rings is 3. The van der Waals surface area contributed by atoms with E-state index in [1.807, 2.05) is 12.1 Å². The van der Waals surface area contributed by atoms with Gasteiger partial charge in [0.2, 0.25) is 5.91 Å². The number of esters is 1. The third-order valence-corrected chi connectivity index (χ3v) is 9.52. The van der Waals surface area contributed by atoms with Crippen molar-refractivity contribution < 1.29 is 28.7 Å². The molecule has 9 nitrogen and oxygen atoms in total. The lowest BCUT2D eigenvalue weighted by Crippen LogP contribution is -2.30. The van der Waals surface area contributed by atoms with Gasteiger partial charge in [-0.05, 0) is 92.3 Å². The third-order valence-electron chi connectivity index (χ3n) is 7.32. The van der Waals surface area contributed by atoms with Crippen molar-refractivity contribution in [3.8, 4) is 5.75 Å². The number of rotatable bonds is 12. The Balaban J connectivity index is 1.26. The highest BCUT2D eigenvalue weighted by Crippen LogP contribution is 2.39. The molecule has 11 heteroatoms. The van der Waals surface area contributed by atoms with Crippen LogP contribution in [0, 0.1) is 0 Å². The summed E-state index contributed by atoms with van der Waals surface area (Å²) in [6, 6.07) is 22.8. The summed E-state index contributed by atoms with van der Waals surface area (Å²) < 4.78 is 10.5. The molecule has 4 aromatic rings.